The van der Waals surface area contributed by atoms with Gasteiger partial charge in [0.15, 0.2) is 0 Å². The van der Waals surface area contributed by atoms with E-state index in [1.54, 1.807) is 0 Å². The van der Waals surface area contributed by atoms with Gasteiger partial charge in [-0.15, -0.1) is 0 Å². The molecular weight excluding hydrogens is 287 g/mol. The van der Waals surface area contributed by atoms with Crippen LogP contribution >= 0.6 is 7.82 Å². The molecule has 1 rings (SSSR count). The summed E-state index contributed by atoms with van der Waals surface area (Å²) in [6.07, 6.45) is 5.94. The molecular formula is C16H23O4P. The first-order valence-electron chi connectivity index (χ1n) is 7.34. The summed E-state index contributed by atoms with van der Waals surface area (Å²) in [5, 5.41) is 0. The highest BCUT2D eigenvalue weighted by atomic mass is 31.2. The van der Waals surface area contributed by atoms with Crippen molar-refractivity contribution in [3.05, 3.63) is 35.9 Å². The van der Waals surface area contributed by atoms with Crippen molar-refractivity contribution < 1.29 is 18.1 Å². The topological polar surface area (TPSA) is 44.8 Å². The lowest BCUT2D eigenvalue weighted by atomic mass is 10.2. The first-order chi connectivity index (χ1) is 10.2. The summed E-state index contributed by atoms with van der Waals surface area (Å²) in [6.45, 7) is 4.74. The summed E-state index contributed by atoms with van der Waals surface area (Å²) in [5.41, 5.74) is 0.783. The van der Waals surface area contributed by atoms with Gasteiger partial charge in [-0.3, -0.25) is 9.05 Å². The van der Waals surface area contributed by atoms with Gasteiger partial charge < -0.3 is 4.52 Å². The van der Waals surface area contributed by atoms with Gasteiger partial charge in [0.2, 0.25) is 0 Å². The van der Waals surface area contributed by atoms with Gasteiger partial charge in [0.05, 0.1) is 13.2 Å². The van der Waals surface area contributed by atoms with Crippen LogP contribution in [0.3, 0.4) is 0 Å². The molecule has 0 aliphatic heterocycles. The third kappa shape index (κ3) is 7.92. The number of phosphoric acid groups is 1. The molecule has 0 spiro atoms. The second-order valence-corrected chi connectivity index (χ2v) is 6.10. The smallest absolute Gasteiger partial charge is 0.350 e. The molecule has 0 fully saturated rings. The number of hydrogen-bond acceptors (Lipinski definition) is 4. The highest BCUT2D eigenvalue weighted by molar-refractivity contribution is 7.48. The highest BCUT2D eigenvalue weighted by Gasteiger charge is 2.27. The monoisotopic (exact) mass is 310 g/mol. The maximum atomic E-state index is 12.4. The zero-order valence-corrected chi connectivity index (χ0v) is 13.6. The molecule has 5 heteroatoms. The summed E-state index contributed by atoms with van der Waals surface area (Å²) < 4.78 is 28.0. The number of benzene rings is 1. The molecule has 21 heavy (non-hydrogen) atoms. The summed E-state index contributed by atoms with van der Waals surface area (Å²) in [7, 11) is -3.59. The van der Waals surface area contributed by atoms with E-state index >= 15 is 0 Å². The Hall–Kier alpha value is -1.27. The lowest BCUT2D eigenvalue weighted by Gasteiger charge is -2.14. The van der Waals surface area contributed by atoms with Gasteiger partial charge in [-0.25, -0.2) is 4.57 Å². The molecule has 0 heterocycles. The summed E-state index contributed by atoms with van der Waals surface area (Å²) in [6, 6.07) is 9.34. The van der Waals surface area contributed by atoms with Crippen molar-refractivity contribution in [3.8, 4) is 12.0 Å². The zero-order chi connectivity index (χ0) is 15.4. The average Bonchev–Trinajstić information content (AvgIpc) is 2.49. The highest BCUT2D eigenvalue weighted by Crippen LogP contribution is 2.49. The molecule has 1 aromatic carbocycles. The molecule has 0 radical (unpaired) electrons. The Morgan fingerprint density at radius 1 is 1.00 bits per heavy atom. The van der Waals surface area contributed by atoms with Crippen LogP contribution in [0, 0.1) is 12.0 Å². The van der Waals surface area contributed by atoms with Crippen molar-refractivity contribution >= 4 is 7.82 Å². The minimum atomic E-state index is -3.59. The molecule has 0 aromatic heterocycles. The van der Waals surface area contributed by atoms with Crippen molar-refractivity contribution in [3.63, 3.8) is 0 Å². The molecule has 0 amide bonds. The largest absolute Gasteiger partial charge is 0.538 e. The van der Waals surface area contributed by atoms with E-state index in [0.717, 1.165) is 31.2 Å². The molecule has 0 aliphatic rings. The van der Waals surface area contributed by atoms with Crippen LogP contribution in [0.25, 0.3) is 0 Å². The lowest BCUT2D eigenvalue weighted by Crippen LogP contribution is -2.00. The van der Waals surface area contributed by atoms with Crippen molar-refractivity contribution in [1.29, 1.82) is 0 Å². The first kappa shape index (κ1) is 17.8. The van der Waals surface area contributed by atoms with Gasteiger partial charge in [-0.2, -0.15) is 0 Å². The minimum Gasteiger partial charge on any atom is -0.350 e. The summed E-state index contributed by atoms with van der Waals surface area (Å²) in [5.74, 6) is 2.78. The lowest BCUT2D eigenvalue weighted by molar-refractivity contribution is 0.144. The first-order valence-corrected chi connectivity index (χ1v) is 8.80. The molecule has 0 N–H and O–H groups in total. The van der Waals surface area contributed by atoms with E-state index in [2.05, 4.69) is 12.0 Å². The minimum absolute atomic E-state index is 0.340. The predicted octanol–water partition coefficient (Wildman–Crippen LogP) is 4.75. The maximum absolute atomic E-state index is 12.4. The Labute approximate surface area is 127 Å². The fourth-order valence-electron chi connectivity index (χ4n) is 1.39. The van der Waals surface area contributed by atoms with Gasteiger partial charge in [-0.1, -0.05) is 44.9 Å². The predicted molar refractivity (Wildman–Crippen MR) is 83.7 cm³/mol. The second-order valence-electron chi connectivity index (χ2n) is 4.51. The molecule has 116 valence electrons. The van der Waals surface area contributed by atoms with Crippen molar-refractivity contribution in [2.75, 3.05) is 13.2 Å². The zero-order valence-electron chi connectivity index (χ0n) is 12.7. The summed E-state index contributed by atoms with van der Waals surface area (Å²) >= 11 is 0. The number of unbranched alkanes of at least 4 members (excludes halogenated alkanes) is 2. The standard InChI is InChI=1S/C16H23O4P/c1-3-5-13-18-21(17,19-14-6-4-2)20-15-12-16-10-8-7-9-11-16/h7-11H,3-6,13-14H2,1-2H3. The number of phosphoric ester groups is 1. The average molecular weight is 310 g/mol. The van der Waals surface area contributed by atoms with Gasteiger partial charge in [0.1, 0.15) is 6.11 Å². The normalized spacial score (nSPS) is 10.8. The van der Waals surface area contributed by atoms with E-state index in [9.17, 15) is 4.57 Å². The van der Waals surface area contributed by atoms with E-state index in [1.807, 2.05) is 44.2 Å². The third-order valence-corrected chi connectivity index (χ3v) is 3.93. The van der Waals surface area contributed by atoms with Gasteiger partial charge in [0.25, 0.3) is 0 Å². The van der Waals surface area contributed by atoms with Crippen molar-refractivity contribution in [2.45, 2.75) is 39.5 Å². The van der Waals surface area contributed by atoms with Crippen LogP contribution in [0.2, 0.25) is 0 Å². The van der Waals surface area contributed by atoms with Gasteiger partial charge >= 0.3 is 7.82 Å². The maximum Gasteiger partial charge on any atom is 0.538 e. The second kappa shape index (κ2) is 10.5. The molecule has 4 nitrogen and oxygen atoms in total. The van der Waals surface area contributed by atoms with E-state index in [1.165, 1.54) is 0 Å². The van der Waals surface area contributed by atoms with E-state index in [4.69, 9.17) is 13.6 Å². The fourth-order valence-corrected chi connectivity index (χ4v) is 2.43. The molecule has 0 saturated carbocycles. The van der Waals surface area contributed by atoms with E-state index in [0.29, 0.717) is 13.2 Å². The molecule has 0 aliphatic carbocycles. The molecule has 0 atom stereocenters. The van der Waals surface area contributed by atoms with Crippen molar-refractivity contribution in [2.24, 2.45) is 0 Å². The van der Waals surface area contributed by atoms with Crippen LogP contribution in [-0.4, -0.2) is 13.2 Å². The summed E-state index contributed by atoms with van der Waals surface area (Å²) in [4.78, 5) is 0. The van der Waals surface area contributed by atoms with Crippen LogP contribution in [0.15, 0.2) is 30.3 Å². The van der Waals surface area contributed by atoms with E-state index < -0.39 is 7.82 Å². The van der Waals surface area contributed by atoms with Gasteiger partial charge in [-0.05, 0) is 30.9 Å². The SMILES string of the molecule is CCCCOP(=O)(OC#Cc1ccccc1)OCCCC. The van der Waals surface area contributed by atoms with Crippen LogP contribution in [0.5, 0.6) is 0 Å². The fraction of sp³-hybridized carbons (Fsp3) is 0.500. The van der Waals surface area contributed by atoms with Gasteiger partial charge in [0, 0.05) is 5.56 Å². The Kier molecular flexibility index (Phi) is 8.85. The van der Waals surface area contributed by atoms with Crippen molar-refractivity contribution in [1.82, 2.24) is 0 Å². The quantitative estimate of drug-likeness (QED) is 0.375. The number of hydrogen-bond donors (Lipinski definition) is 0. The Bertz CT molecular complexity index is 476. The van der Waals surface area contributed by atoms with E-state index in [-0.39, 0.29) is 0 Å². The molecule has 0 bridgehead atoms. The Balaban J connectivity index is 2.59. The Morgan fingerprint density at radius 2 is 1.57 bits per heavy atom. The third-order valence-electron chi connectivity index (χ3n) is 2.62. The van der Waals surface area contributed by atoms with Crippen LogP contribution < -0.4 is 0 Å². The molecule has 0 saturated heterocycles. The van der Waals surface area contributed by atoms with Crippen LogP contribution in [0.4, 0.5) is 0 Å². The van der Waals surface area contributed by atoms with Crippen LogP contribution in [-0.2, 0) is 18.1 Å². The van der Waals surface area contributed by atoms with Crippen LogP contribution in [0.1, 0.15) is 45.1 Å². The molecule has 0 unspecified atom stereocenters. The number of rotatable bonds is 9. The molecule has 1 aromatic rings. The Morgan fingerprint density at radius 3 is 2.10 bits per heavy atom.